The Labute approximate surface area is 93.2 Å². The van der Waals surface area contributed by atoms with Crippen molar-refractivity contribution >= 4 is 21.7 Å². The van der Waals surface area contributed by atoms with Gasteiger partial charge in [0.2, 0.25) is 5.91 Å². The summed E-state index contributed by atoms with van der Waals surface area (Å²) in [4.78, 5) is 10.9. The Morgan fingerprint density at radius 1 is 1.44 bits per heavy atom. The van der Waals surface area contributed by atoms with E-state index in [1.54, 1.807) is 0 Å². The minimum atomic E-state index is -4.36. The lowest BCUT2D eigenvalue weighted by atomic mass is 10.3. The average Bonchev–Trinajstić information content (AvgIpc) is 2.16. The summed E-state index contributed by atoms with van der Waals surface area (Å²) in [5.41, 5.74) is 5.33. The van der Waals surface area contributed by atoms with Gasteiger partial charge in [-0.15, -0.1) is 0 Å². The molecule has 0 bridgehead atoms. The Hall–Kier alpha value is -1.44. The van der Waals surface area contributed by atoms with Gasteiger partial charge in [0.25, 0.3) is 10.1 Å². The number of anilines is 1. The monoisotopic (exact) mass is 244 g/mol. The molecule has 0 aliphatic heterocycles. The van der Waals surface area contributed by atoms with Crippen LogP contribution in [-0.4, -0.2) is 24.9 Å². The molecule has 1 rings (SSSR count). The minimum Gasteiger partial charge on any atom is -0.323 e. The van der Waals surface area contributed by atoms with Gasteiger partial charge in [-0.3, -0.25) is 9.35 Å². The number of nitrogens with one attached hydrogen (secondary N) is 1. The van der Waals surface area contributed by atoms with Crippen molar-refractivity contribution in [2.45, 2.75) is 17.9 Å². The van der Waals surface area contributed by atoms with E-state index in [4.69, 9.17) is 10.3 Å². The van der Waals surface area contributed by atoms with Crippen molar-refractivity contribution in [3.63, 3.8) is 0 Å². The van der Waals surface area contributed by atoms with Crippen LogP contribution in [0.3, 0.4) is 0 Å². The highest BCUT2D eigenvalue weighted by Gasteiger charge is 2.17. The first-order valence-corrected chi connectivity index (χ1v) is 5.89. The van der Waals surface area contributed by atoms with Gasteiger partial charge in [0.05, 0.1) is 11.7 Å². The molecule has 0 saturated heterocycles. The van der Waals surface area contributed by atoms with Crippen molar-refractivity contribution in [3.05, 3.63) is 24.3 Å². The molecule has 1 unspecified atom stereocenters. The number of hydrogen-bond acceptors (Lipinski definition) is 4. The maximum absolute atomic E-state index is 11.3. The molecule has 0 aliphatic rings. The van der Waals surface area contributed by atoms with Crippen molar-refractivity contribution in [1.82, 2.24) is 0 Å². The lowest BCUT2D eigenvalue weighted by Crippen LogP contribution is -2.32. The topological polar surface area (TPSA) is 109 Å². The molecule has 1 atom stereocenters. The van der Waals surface area contributed by atoms with Gasteiger partial charge in [-0.05, 0) is 19.1 Å². The van der Waals surface area contributed by atoms with Crippen LogP contribution in [-0.2, 0) is 14.9 Å². The van der Waals surface area contributed by atoms with Crippen LogP contribution in [0.15, 0.2) is 29.2 Å². The summed E-state index contributed by atoms with van der Waals surface area (Å²) in [6.07, 6.45) is 0. The van der Waals surface area contributed by atoms with Gasteiger partial charge in [0.1, 0.15) is 4.90 Å². The second-order valence-corrected chi connectivity index (χ2v) is 4.64. The minimum absolute atomic E-state index is 0.00676. The molecule has 7 heteroatoms. The van der Waals surface area contributed by atoms with E-state index >= 15 is 0 Å². The Morgan fingerprint density at radius 3 is 2.50 bits per heavy atom. The second-order valence-electron chi connectivity index (χ2n) is 3.25. The number of carbonyl (C=O) groups excluding carboxylic acids is 1. The molecular weight excluding hydrogens is 232 g/mol. The number of hydrogen-bond donors (Lipinski definition) is 3. The van der Waals surface area contributed by atoms with Gasteiger partial charge in [-0.2, -0.15) is 8.42 Å². The molecule has 1 aromatic rings. The molecule has 0 saturated carbocycles. The molecule has 0 radical (unpaired) electrons. The highest BCUT2D eigenvalue weighted by atomic mass is 32.2. The summed E-state index contributed by atoms with van der Waals surface area (Å²) in [6.45, 7) is 1.46. The van der Waals surface area contributed by atoms with Crippen molar-refractivity contribution in [2.75, 3.05) is 5.32 Å². The van der Waals surface area contributed by atoms with E-state index in [0.29, 0.717) is 0 Å². The maximum Gasteiger partial charge on any atom is 0.296 e. The number of nitrogens with two attached hydrogens (primary N) is 1. The van der Waals surface area contributed by atoms with Gasteiger partial charge >= 0.3 is 0 Å². The summed E-state index contributed by atoms with van der Waals surface area (Å²) in [6, 6.07) is 4.75. The number of carbonyl (C=O) groups is 1. The summed E-state index contributed by atoms with van der Waals surface area (Å²) in [7, 11) is -4.36. The standard InChI is InChI=1S/C9H12N2O4S/c1-6(10)9(12)11-7-4-2-3-5-8(7)16(13,14)15/h2-6H,10H2,1H3,(H,11,12)(H,13,14,15). The molecular formula is C9H12N2O4S. The number of para-hydroxylation sites is 1. The van der Waals surface area contributed by atoms with E-state index in [-0.39, 0.29) is 10.6 Å². The third-order valence-corrected chi connectivity index (χ3v) is 2.75. The fraction of sp³-hybridized carbons (Fsp3) is 0.222. The van der Waals surface area contributed by atoms with E-state index < -0.39 is 22.1 Å². The van der Waals surface area contributed by atoms with Crippen molar-refractivity contribution in [2.24, 2.45) is 5.73 Å². The van der Waals surface area contributed by atoms with Crippen LogP contribution >= 0.6 is 0 Å². The van der Waals surface area contributed by atoms with E-state index in [0.717, 1.165) is 0 Å². The number of rotatable bonds is 3. The van der Waals surface area contributed by atoms with Crippen LogP contribution in [0.5, 0.6) is 0 Å². The van der Waals surface area contributed by atoms with Crippen LogP contribution in [0.1, 0.15) is 6.92 Å². The highest BCUT2D eigenvalue weighted by molar-refractivity contribution is 7.86. The zero-order valence-electron chi connectivity index (χ0n) is 8.54. The van der Waals surface area contributed by atoms with Gasteiger partial charge in [0, 0.05) is 0 Å². The fourth-order valence-electron chi connectivity index (χ4n) is 1.04. The molecule has 1 amide bonds. The van der Waals surface area contributed by atoms with Crippen LogP contribution in [0.4, 0.5) is 5.69 Å². The van der Waals surface area contributed by atoms with Crippen LogP contribution in [0.2, 0.25) is 0 Å². The fourth-order valence-corrected chi connectivity index (χ4v) is 1.69. The molecule has 0 aliphatic carbocycles. The summed E-state index contributed by atoms with van der Waals surface area (Å²) in [5, 5.41) is 2.31. The Kier molecular flexibility index (Phi) is 3.63. The third-order valence-electron chi connectivity index (χ3n) is 1.84. The lowest BCUT2D eigenvalue weighted by molar-refractivity contribution is -0.117. The first-order chi connectivity index (χ1) is 7.32. The van der Waals surface area contributed by atoms with E-state index in [1.807, 2.05) is 0 Å². The molecule has 0 spiro atoms. The summed E-state index contributed by atoms with van der Waals surface area (Å²) >= 11 is 0. The summed E-state index contributed by atoms with van der Waals surface area (Å²) in [5.74, 6) is -0.531. The Bertz CT molecular complexity index is 496. The van der Waals surface area contributed by atoms with Crippen LogP contribution in [0, 0.1) is 0 Å². The molecule has 16 heavy (non-hydrogen) atoms. The van der Waals surface area contributed by atoms with Gasteiger partial charge in [-0.25, -0.2) is 0 Å². The van der Waals surface area contributed by atoms with Crippen molar-refractivity contribution in [3.8, 4) is 0 Å². The van der Waals surface area contributed by atoms with Gasteiger partial charge in [0.15, 0.2) is 0 Å². The molecule has 0 aromatic heterocycles. The Balaban J connectivity index is 3.11. The van der Waals surface area contributed by atoms with Gasteiger partial charge < -0.3 is 11.1 Å². The van der Waals surface area contributed by atoms with E-state index in [9.17, 15) is 13.2 Å². The zero-order valence-corrected chi connectivity index (χ0v) is 9.36. The normalized spacial score (nSPS) is 13.2. The van der Waals surface area contributed by atoms with Crippen molar-refractivity contribution < 1.29 is 17.8 Å². The molecule has 4 N–H and O–H groups in total. The molecule has 0 fully saturated rings. The second kappa shape index (κ2) is 4.60. The first-order valence-electron chi connectivity index (χ1n) is 4.45. The number of amides is 1. The SMILES string of the molecule is CC(N)C(=O)Nc1ccccc1S(=O)(=O)O. The molecule has 0 heterocycles. The van der Waals surface area contributed by atoms with Crippen LogP contribution < -0.4 is 11.1 Å². The quantitative estimate of drug-likeness (QED) is 0.659. The first kappa shape index (κ1) is 12.6. The molecule has 6 nitrogen and oxygen atoms in total. The smallest absolute Gasteiger partial charge is 0.296 e. The van der Waals surface area contributed by atoms with Crippen molar-refractivity contribution in [1.29, 1.82) is 0 Å². The molecule has 88 valence electrons. The van der Waals surface area contributed by atoms with Gasteiger partial charge in [-0.1, -0.05) is 12.1 Å². The predicted octanol–water partition coefficient (Wildman–Crippen LogP) is 0.219. The molecule has 1 aromatic carbocycles. The number of benzene rings is 1. The largest absolute Gasteiger partial charge is 0.323 e. The average molecular weight is 244 g/mol. The van der Waals surface area contributed by atoms with Crippen LogP contribution in [0.25, 0.3) is 0 Å². The summed E-state index contributed by atoms with van der Waals surface area (Å²) < 4.78 is 30.9. The van der Waals surface area contributed by atoms with E-state index in [1.165, 1.54) is 31.2 Å². The Morgan fingerprint density at radius 2 is 2.00 bits per heavy atom. The highest BCUT2D eigenvalue weighted by Crippen LogP contribution is 2.20. The third kappa shape index (κ3) is 3.02. The predicted molar refractivity (Wildman–Crippen MR) is 58.5 cm³/mol. The van der Waals surface area contributed by atoms with E-state index in [2.05, 4.69) is 5.32 Å². The lowest BCUT2D eigenvalue weighted by Gasteiger charge is -2.10. The zero-order chi connectivity index (χ0) is 12.3. The maximum atomic E-state index is 11.3.